The van der Waals surface area contributed by atoms with E-state index in [-0.39, 0.29) is 6.09 Å². The third-order valence-corrected chi connectivity index (χ3v) is 3.57. The Balaban J connectivity index is 1.73. The van der Waals surface area contributed by atoms with Crippen molar-refractivity contribution < 1.29 is 14.3 Å². The van der Waals surface area contributed by atoms with Gasteiger partial charge in [-0.3, -0.25) is 0 Å². The number of nitrogens with zero attached hydrogens (tertiary/aromatic N) is 1. The largest absolute Gasteiger partial charge is 0.450 e. The van der Waals surface area contributed by atoms with Crippen LogP contribution in [0.4, 0.5) is 4.79 Å². The molecule has 4 rings (SSSR count). The average Bonchev–Trinajstić information content (AvgIpc) is 2.99. The molecule has 0 N–H and O–H groups in total. The highest BCUT2D eigenvalue weighted by atomic mass is 16.6. The van der Waals surface area contributed by atoms with Gasteiger partial charge in [0.25, 0.3) is 0 Å². The first-order chi connectivity index (χ1) is 6.81. The minimum atomic E-state index is -0.156. The molecule has 78 valence electrons. The van der Waals surface area contributed by atoms with E-state index >= 15 is 0 Å². The van der Waals surface area contributed by atoms with Crippen LogP contribution in [0.1, 0.15) is 19.8 Å². The van der Waals surface area contributed by atoms with Gasteiger partial charge >= 0.3 is 6.09 Å². The van der Waals surface area contributed by atoms with Crippen LogP contribution in [-0.2, 0) is 9.47 Å². The molecule has 2 bridgehead atoms. The number of piperidine rings is 2. The van der Waals surface area contributed by atoms with Gasteiger partial charge < -0.3 is 14.4 Å². The second-order valence-corrected chi connectivity index (χ2v) is 4.32. The molecule has 0 radical (unpaired) electrons. The van der Waals surface area contributed by atoms with Gasteiger partial charge in [0.15, 0.2) is 0 Å². The van der Waals surface area contributed by atoms with E-state index in [1.165, 1.54) is 6.42 Å². The van der Waals surface area contributed by atoms with Crippen LogP contribution >= 0.6 is 0 Å². The van der Waals surface area contributed by atoms with E-state index in [0.717, 1.165) is 13.0 Å². The van der Waals surface area contributed by atoms with Gasteiger partial charge in [0.05, 0.1) is 18.8 Å². The second-order valence-electron chi connectivity index (χ2n) is 4.32. The summed E-state index contributed by atoms with van der Waals surface area (Å²) in [4.78, 5) is 13.5. The van der Waals surface area contributed by atoms with Crippen molar-refractivity contribution in [2.75, 3.05) is 13.2 Å². The number of ether oxygens (including phenoxy) is 2. The van der Waals surface area contributed by atoms with Crippen LogP contribution in [0.3, 0.4) is 0 Å². The van der Waals surface area contributed by atoms with Gasteiger partial charge in [0.1, 0.15) is 6.10 Å². The number of rotatable bonds is 1. The van der Waals surface area contributed by atoms with Crippen molar-refractivity contribution >= 4 is 6.09 Å². The lowest BCUT2D eigenvalue weighted by Crippen LogP contribution is -2.55. The Hall–Kier alpha value is -0.770. The number of epoxide rings is 1. The lowest BCUT2D eigenvalue weighted by molar-refractivity contribution is 0.0459. The third kappa shape index (κ3) is 1.06. The minimum absolute atomic E-state index is 0.156. The fourth-order valence-corrected chi connectivity index (χ4v) is 2.87. The number of amides is 1. The smallest absolute Gasteiger partial charge is 0.410 e. The van der Waals surface area contributed by atoms with Gasteiger partial charge in [-0.05, 0) is 19.8 Å². The summed E-state index contributed by atoms with van der Waals surface area (Å²) in [7, 11) is 0. The molecule has 0 aromatic rings. The molecule has 1 aliphatic carbocycles. The first-order valence-electron chi connectivity index (χ1n) is 5.40. The summed E-state index contributed by atoms with van der Waals surface area (Å²) in [6.07, 6.45) is 2.93. The first kappa shape index (κ1) is 8.53. The lowest BCUT2D eigenvalue weighted by atomic mass is 9.80. The topological polar surface area (TPSA) is 42.1 Å². The van der Waals surface area contributed by atoms with E-state index in [9.17, 15) is 4.79 Å². The molecule has 4 aliphatic rings. The van der Waals surface area contributed by atoms with Gasteiger partial charge in [0, 0.05) is 12.5 Å². The molecule has 1 amide bonds. The van der Waals surface area contributed by atoms with E-state index in [2.05, 4.69) is 0 Å². The van der Waals surface area contributed by atoms with Crippen molar-refractivity contribution in [1.82, 2.24) is 4.90 Å². The van der Waals surface area contributed by atoms with Gasteiger partial charge in [0.2, 0.25) is 0 Å². The highest BCUT2D eigenvalue weighted by Gasteiger charge is 2.60. The number of hydrogen-bond acceptors (Lipinski definition) is 3. The van der Waals surface area contributed by atoms with Crippen LogP contribution in [0.5, 0.6) is 0 Å². The Morgan fingerprint density at radius 1 is 1.50 bits per heavy atom. The maximum Gasteiger partial charge on any atom is 0.410 e. The zero-order valence-corrected chi connectivity index (χ0v) is 8.31. The SMILES string of the molecule is CCOC(=O)N1CC2CCC1C1OC21. The summed E-state index contributed by atoms with van der Waals surface area (Å²) in [6, 6.07) is 0.295. The van der Waals surface area contributed by atoms with Gasteiger partial charge in [-0.15, -0.1) is 0 Å². The van der Waals surface area contributed by atoms with Crippen LogP contribution < -0.4 is 0 Å². The number of carbonyl (C=O) groups is 1. The predicted octanol–water partition coefficient (Wildman–Crippen LogP) is 1.00. The molecule has 0 aromatic heterocycles. The molecule has 14 heavy (non-hydrogen) atoms. The fourth-order valence-electron chi connectivity index (χ4n) is 2.87. The van der Waals surface area contributed by atoms with Crippen LogP contribution in [-0.4, -0.2) is 42.4 Å². The summed E-state index contributed by atoms with van der Waals surface area (Å²) >= 11 is 0. The van der Waals surface area contributed by atoms with E-state index < -0.39 is 0 Å². The van der Waals surface area contributed by atoms with Crippen molar-refractivity contribution in [1.29, 1.82) is 0 Å². The summed E-state index contributed by atoms with van der Waals surface area (Å²) in [5.41, 5.74) is 0. The number of hydrogen-bond donors (Lipinski definition) is 0. The Kier molecular flexibility index (Phi) is 1.74. The standard InChI is InChI=1S/C10H15NO3/c1-2-13-10(12)11-5-6-3-4-7(11)9-8(6)14-9/h6-9H,2-5H2,1H3. The molecule has 4 fully saturated rings. The highest BCUT2D eigenvalue weighted by Crippen LogP contribution is 2.47. The highest BCUT2D eigenvalue weighted by molar-refractivity contribution is 5.68. The Morgan fingerprint density at radius 2 is 2.36 bits per heavy atom. The van der Waals surface area contributed by atoms with Crippen LogP contribution in [0.15, 0.2) is 0 Å². The van der Waals surface area contributed by atoms with Crippen LogP contribution in [0.25, 0.3) is 0 Å². The molecule has 3 heterocycles. The molecule has 4 heteroatoms. The zero-order chi connectivity index (χ0) is 9.71. The van der Waals surface area contributed by atoms with Crippen molar-refractivity contribution in [2.24, 2.45) is 5.92 Å². The predicted molar refractivity (Wildman–Crippen MR) is 48.9 cm³/mol. The molecule has 4 unspecified atom stereocenters. The summed E-state index contributed by atoms with van der Waals surface area (Å²) < 4.78 is 10.6. The zero-order valence-electron chi connectivity index (χ0n) is 8.31. The minimum Gasteiger partial charge on any atom is -0.450 e. The molecule has 3 aliphatic heterocycles. The van der Waals surface area contributed by atoms with E-state index in [1.54, 1.807) is 0 Å². The van der Waals surface area contributed by atoms with Crippen molar-refractivity contribution in [2.45, 2.75) is 38.0 Å². The van der Waals surface area contributed by atoms with Crippen molar-refractivity contribution in [3.05, 3.63) is 0 Å². The Bertz CT molecular complexity index is 268. The maximum absolute atomic E-state index is 11.6. The van der Waals surface area contributed by atoms with E-state index in [4.69, 9.17) is 9.47 Å². The van der Waals surface area contributed by atoms with E-state index in [1.807, 2.05) is 11.8 Å². The lowest BCUT2D eigenvalue weighted by Gasteiger charge is -2.41. The Labute approximate surface area is 83.2 Å². The Morgan fingerprint density at radius 3 is 3.07 bits per heavy atom. The molecule has 4 atom stereocenters. The quantitative estimate of drug-likeness (QED) is 0.589. The van der Waals surface area contributed by atoms with Crippen LogP contribution in [0, 0.1) is 5.92 Å². The third-order valence-electron chi connectivity index (χ3n) is 3.57. The molecule has 0 aromatic carbocycles. The summed E-state index contributed by atoms with van der Waals surface area (Å²) in [5.74, 6) is 0.564. The molecular formula is C10H15NO3. The van der Waals surface area contributed by atoms with E-state index in [0.29, 0.717) is 30.8 Å². The molecule has 4 nitrogen and oxygen atoms in total. The molecule has 1 saturated carbocycles. The summed E-state index contributed by atoms with van der Waals surface area (Å²) in [5, 5.41) is 0. The monoisotopic (exact) mass is 197 g/mol. The fraction of sp³-hybridized carbons (Fsp3) is 0.900. The van der Waals surface area contributed by atoms with Crippen LogP contribution in [0.2, 0.25) is 0 Å². The van der Waals surface area contributed by atoms with Crippen molar-refractivity contribution in [3.8, 4) is 0 Å². The normalized spacial score (nSPS) is 43.4. The van der Waals surface area contributed by atoms with Gasteiger partial charge in [-0.1, -0.05) is 0 Å². The molecular weight excluding hydrogens is 182 g/mol. The molecule has 0 spiro atoms. The first-order valence-corrected chi connectivity index (χ1v) is 5.40. The summed E-state index contributed by atoms with van der Waals surface area (Å²) in [6.45, 7) is 3.14. The maximum atomic E-state index is 11.6. The number of carbonyl (C=O) groups excluding carboxylic acids is 1. The molecule has 3 saturated heterocycles. The number of fused-ring (bicyclic) bond motifs is 2. The van der Waals surface area contributed by atoms with Gasteiger partial charge in [-0.25, -0.2) is 4.79 Å². The average molecular weight is 197 g/mol. The van der Waals surface area contributed by atoms with Gasteiger partial charge in [-0.2, -0.15) is 0 Å². The second kappa shape index (κ2) is 2.86. The van der Waals surface area contributed by atoms with Crippen molar-refractivity contribution in [3.63, 3.8) is 0 Å².